The molecule has 3 aliphatic rings. The van der Waals surface area contributed by atoms with Crippen molar-refractivity contribution in [2.75, 3.05) is 0 Å². The number of benzene rings is 1. The van der Waals surface area contributed by atoms with E-state index < -0.39 is 0 Å². The van der Waals surface area contributed by atoms with Crippen molar-refractivity contribution in [2.45, 2.75) is 57.3 Å². The largest absolute Gasteiger partial charge is 0.207 e. The Morgan fingerprint density at radius 2 is 1.47 bits per heavy atom. The zero-order valence-corrected chi connectivity index (χ0v) is 10.6. The van der Waals surface area contributed by atoms with Crippen molar-refractivity contribution in [2.24, 2.45) is 5.41 Å². The first-order chi connectivity index (χ1) is 8.18. The SMILES string of the molecule is CCC12CCC(c3ccc(F)cc3)(CC1)CC2. The number of halogens is 1. The topological polar surface area (TPSA) is 0 Å². The van der Waals surface area contributed by atoms with E-state index in [1.54, 1.807) is 12.1 Å². The van der Waals surface area contributed by atoms with E-state index in [0.29, 0.717) is 10.8 Å². The minimum absolute atomic E-state index is 0.111. The molecule has 4 rings (SSSR count). The van der Waals surface area contributed by atoms with Crippen LogP contribution in [0.5, 0.6) is 0 Å². The second kappa shape index (κ2) is 3.83. The third-order valence-corrected chi connectivity index (χ3v) is 5.61. The van der Waals surface area contributed by atoms with Crippen LogP contribution in [0.3, 0.4) is 0 Å². The van der Waals surface area contributed by atoms with E-state index in [1.807, 2.05) is 12.1 Å². The first kappa shape index (κ1) is 11.3. The van der Waals surface area contributed by atoms with Crippen molar-refractivity contribution in [3.8, 4) is 0 Å². The van der Waals surface area contributed by atoms with E-state index in [1.165, 1.54) is 50.5 Å². The highest BCUT2D eigenvalue weighted by Crippen LogP contribution is 2.58. The molecule has 0 N–H and O–H groups in total. The molecule has 1 heteroatoms. The Balaban J connectivity index is 1.88. The van der Waals surface area contributed by atoms with E-state index in [4.69, 9.17) is 0 Å². The summed E-state index contributed by atoms with van der Waals surface area (Å²) in [5.41, 5.74) is 2.41. The van der Waals surface area contributed by atoms with Crippen molar-refractivity contribution < 1.29 is 4.39 Å². The molecular formula is C16H21F. The molecule has 0 radical (unpaired) electrons. The molecule has 0 atom stereocenters. The predicted molar refractivity (Wildman–Crippen MR) is 68.5 cm³/mol. The molecule has 92 valence electrons. The Labute approximate surface area is 103 Å². The molecule has 0 aliphatic heterocycles. The summed E-state index contributed by atoms with van der Waals surface area (Å²) >= 11 is 0. The van der Waals surface area contributed by atoms with Crippen molar-refractivity contribution in [3.63, 3.8) is 0 Å². The van der Waals surface area contributed by atoms with Crippen molar-refractivity contribution in [1.29, 1.82) is 0 Å². The standard InChI is InChI=1S/C16H21F/c1-2-15-7-10-16(11-8-15,12-9-15)13-3-5-14(17)6-4-13/h3-6H,2,7-12H2,1H3. The Hall–Kier alpha value is -0.850. The van der Waals surface area contributed by atoms with Crippen LogP contribution < -0.4 is 0 Å². The minimum atomic E-state index is -0.111. The molecule has 2 bridgehead atoms. The lowest BCUT2D eigenvalue weighted by Crippen LogP contribution is -2.43. The zero-order chi connectivity index (χ0) is 11.9. The van der Waals surface area contributed by atoms with Crippen molar-refractivity contribution in [1.82, 2.24) is 0 Å². The molecule has 3 saturated carbocycles. The first-order valence-corrected chi connectivity index (χ1v) is 6.94. The van der Waals surface area contributed by atoms with Crippen LogP contribution in [0.2, 0.25) is 0 Å². The van der Waals surface area contributed by atoms with Gasteiger partial charge in [-0.1, -0.05) is 25.5 Å². The predicted octanol–water partition coefficient (Wildman–Crippen LogP) is 4.83. The van der Waals surface area contributed by atoms with Gasteiger partial charge in [-0.3, -0.25) is 0 Å². The average molecular weight is 232 g/mol. The van der Waals surface area contributed by atoms with Crippen LogP contribution in [-0.2, 0) is 5.41 Å². The summed E-state index contributed by atoms with van der Waals surface area (Å²) in [5.74, 6) is -0.111. The molecule has 1 aromatic carbocycles. The fraction of sp³-hybridized carbons (Fsp3) is 0.625. The molecule has 17 heavy (non-hydrogen) atoms. The molecule has 0 amide bonds. The summed E-state index contributed by atoms with van der Waals surface area (Å²) < 4.78 is 13.0. The van der Waals surface area contributed by atoms with Crippen molar-refractivity contribution in [3.05, 3.63) is 35.6 Å². The Kier molecular flexibility index (Phi) is 2.53. The third kappa shape index (κ3) is 1.71. The third-order valence-electron chi connectivity index (χ3n) is 5.61. The van der Waals surface area contributed by atoms with Crippen LogP contribution in [0.15, 0.2) is 24.3 Å². The van der Waals surface area contributed by atoms with Gasteiger partial charge < -0.3 is 0 Å². The summed E-state index contributed by atoms with van der Waals surface area (Å²) in [7, 11) is 0. The highest BCUT2D eigenvalue weighted by Gasteiger charge is 2.48. The molecule has 0 unspecified atom stereocenters. The minimum Gasteiger partial charge on any atom is -0.207 e. The Morgan fingerprint density at radius 1 is 0.941 bits per heavy atom. The van der Waals surface area contributed by atoms with Gasteiger partial charge in [0.2, 0.25) is 0 Å². The maximum Gasteiger partial charge on any atom is 0.123 e. The summed E-state index contributed by atoms with van der Waals surface area (Å²) in [6.45, 7) is 2.34. The quantitative estimate of drug-likeness (QED) is 0.685. The maximum absolute atomic E-state index is 13.0. The molecule has 3 aliphatic carbocycles. The van der Waals surface area contributed by atoms with E-state index >= 15 is 0 Å². The second-order valence-electron chi connectivity index (χ2n) is 6.14. The van der Waals surface area contributed by atoms with E-state index in [9.17, 15) is 4.39 Å². The molecule has 0 spiro atoms. The van der Waals surface area contributed by atoms with Gasteiger partial charge in [-0.05, 0) is 67.1 Å². The van der Waals surface area contributed by atoms with Crippen LogP contribution >= 0.6 is 0 Å². The maximum atomic E-state index is 13.0. The lowest BCUT2D eigenvalue weighted by atomic mass is 9.51. The van der Waals surface area contributed by atoms with Crippen molar-refractivity contribution >= 4 is 0 Å². The summed E-state index contributed by atoms with van der Waals surface area (Å²) in [6.07, 6.45) is 9.40. The van der Waals surface area contributed by atoms with Gasteiger partial charge in [0.05, 0.1) is 0 Å². The molecule has 0 heterocycles. The van der Waals surface area contributed by atoms with E-state index in [2.05, 4.69) is 6.92 Å². The van der Waals surface area contributed by atoms with Gasteiger partial charge in [-0.25, -0.2) is 4.39 Å². The van der Waals surface area contributed by atoms with Gasteiger partial charge in [0.25, 0.3) is 0 Å². The number of hydrogen-bond acceptors (Lipinski definition) is 0. The van der Waals surface area contributed by atoms with Gasteiger partial charge in [-0.2, -0.15) is 0 Å². The molecule has 0 aromatic heterocycles. The van der Waals surface area contributed by atoms with Crippen LogP contribution in [0, 0.1) is 11.2 Å². The molecule has 0 nitrogen and oxygen atoms in total. The number of hydrogen-bond donors (Lipinski definition) is 0. The fourth-order valence-electron chi connectivity index (χ4n) is 4.03. The lowest BCUT2D eigenvalue weighted by molar-refractivity contribution is 0.0366. The second-order valence-corrected chi connectivity index (χ2v) is 6.14. The molecule has 3 fully saturated rings. The first-order valence-electron chi connectivity index (χ1n) is 6.94. The van der Waals surface area contributed by atoms with E-state index in [-0.39, 0.29) is 5.82 Å². The van der Waals surface area contributed by atoms with Gasteiger partial charge in [0.1, 0.15) is 5.82 Å². The Bertz CT molecular complexity index is 380. The molecule has 0 saturated heterocycles. The van der Waals surface area contributed by atoms with Crippen LogP contribution in [0.1, 0.15) is 57.4 Å². The Morgan fingerprint density at radius 3 is 1.94 bits per heavy atom. The van der Waals surface area contributed by atoms with Gasteiger partial charge in [0.15, 0.2) is 0 Å². The van der Waals surface area contributed by atoms with E-state index in [0.717, 1.165) is 0 Å². The van der Waals surface area contributed by atoms with Gasteiger partial charge in [0, 0.05) is 0 Å². The molecule has 1 aromatic rings. The zero-order valence-electron chi connectivity index (χ0n) is 10.6. The normalized spacial score (nSPS) is 36.1. The van der Waals surface area contributed by atoms with Gasteiger partial charge in [-0.15, -0.1) is 0 Å². The summed E-state index contributed by atoms with van der Waals surface area (Å²) in [5, 5.41) is 0. The van der Waals surface area contributed by atoms with Crippen LogP contribution in [-0.4, -0.2) is 0 Å². The average Bonchev–Trinajstić information content (AvgIpc) is 2.41. The summed E-state index contributed by atoms with van der Waals surface area (Å²) in [6, 6.07) is 7.28. The number of rotatable bonds is 2. The van der Waals surface area contributed by atoms with Crippen LogP contribution in [0.25, 0.3) is 0 Å². The van der Waals surface area contributed by atoms with Gasteiger partial charge >= 0.3 is 0 Å². The monoisotopic (exact) mass is 232 g/mol. The highest BCUT2D eigenvalue weighted by molar-refractivity contribution is 5.28. The smallest absolute Gasteiger partial charge is 0.123 e. The van der Waals surface area contributed by atoms with Crippen LogP contribution in [0.4, 0.5) is 4.39 Å². The number of fused-ring (bicyclic) bond motifs is 3. The fourth-order valence-corrected chi connectivity index (χ4v) is 4.03. The highest BCUT2D eigenvalue weighted by atomic mass is 19.1. The summed E-state index contributed by atoms with van der Waals surface area (Å²) in [4.78, 5) is 0. The molecular weight excluding hydrogens is 211 g/mol. The lowest BCUT2D eigenvalue weighted by Gasteiger charge is -2.53.